The molecule has 4 heterocycles. The molecule has 0 radical (unpaired) electrons. The monoisotopic (exact) mass is 978 g/mol. The van der Waals surface area contributed by atoms with Gasteiger partial charge in [-0.3, -0.25) is 4.79 Å². The molecule has 7 rings (SSSR count). The molecule has 3 saturated heterocycles. The van der Waals surface area contributed by atoms with Crippen LogP contribution in [-0.2, 0) is 28.5 Å². The molecule has 4 aromatic rings. The van der Waals surface area contributed by atoms with E-state index >= 15 is 0 Å². The molecule has 376 valence electrons. The van der Waals surface area contributed by atoms with Crippen LogP contribution in [0.5, 0.6) is 40.2 Å². The predicted molar refractivity (Wildman–Crippen MR) is 227 cm³/mol. The summed E-state index contributed by atoms with van der Waals surface area (Å²) in [6, 6.07) is 9.67. The third-order valence-corrected chi connectivity index (χ3v) is 11.5. The van der Waals surface area contributed by atoms with E-state index in [-0.39, 0.29) is 39.9 Å². The van der Waals surface area contributed by atoms with E-state index in [0.717, 1.165) is 18.2 Å². The molecule has 25 heteroatoms. The molecule has 69 heavy (non-hydrogen) atoms. The summed E-state index contributed by atoms with van der Waals surface area (Å²) in [5.41, 5.74) is -1.22. The Kier molecular flexibility index (Phi) is 15.8. The van der Waals surface area contributed by atoms with E-state index in [1.54, 1.807) is 0 Å². The Morgan fingerprint density at radius 2 is 1.23 bits per heavy atom. The molecule has 0 spiro atoms. The molecule has 25 nitrogen and oxygen atoms in total. The van der Waals surface area contributed by atoms with Crippen LogP contribution in [0.3, 0.4) is 0 Å². The molecular formula is C44H50O25. The van der Waals surface area contributed by atoms with Gasteiger partial charge in [0.15, 0.2) is 35.8 Å². The number of hydrogen-bond acceptors (Lipinski definition) is 25. The van der Waals surface area contributed by atoms with Gasteiger partial charge in [-0.25, -0.2) is 4.79 Å². The number of hydrogen-bond donors (Lipinski definition) is 13. The van der Waals surface area contributed by atoms with Gasteiger partial charge in [-0.05, 0) is 48.0 Å². The number of rotatable bonds is 15. The van der Waals surface area contributed by atoms with Gasteiger partial charge in [0.1, 0.15) is 89.3 Å². The van der Waals surface area contributed by atoms with Gasteiger partial charge in [0.2, 0.25) is 29.5 Å². The second-order valence-electron chi connectivity index (χ2n) is 15.9. The molecule has 3 aromatic carbocycles. The largest absolute Gasteiger partial charge is 0.508 e. The summed E-state index contributed by atoms with van der Waals surface area (Å²) < 4.78 is 56.1. The lowest BCUT2D eigenvalue weighted by Crippen LogP contribution is -2.65. The summed E-state index contributed by atoms with van der Waals surface area (Å²) in [6.07, 6.45) is -25.8. The van der Waals surface area contributed by atoms with Crippen LogP contribution in [0.1, 0.15) is 5.56 Å². The highest BCUT2D eigenvalue weighted by Crippen LogP contribution is 2.40. The number of methoxy groups -OCH3 is 2. The van der Waals surface area contributed by atoms with Gasteiger partial charge in [-0.1, -0.05) is 0 Å². The number of benzene rings is 3. The van der Waals surface area contributed by atoms with E-state index in [4.69, 9.17) is 47.0 Å². The lowest BCUT2D eigenvalue weighted by atomic mass is 9.97. The van der Waals surface area contributed by atoms with E-state index in [1.165, 1.54) is 56.7 Å². The van der Waals surface area contributed by atoms with Gasteiger partial charge in [0.05, 0.1) is 34.0 Å². The Morgan fingerprint density at radius 3 is 1.84 bits per heavy atom. The molecule has 15 atom stereocenters. The lowest BCUT2D eigenvalue weighted by molar-refractivity contribution is -0.358. The Morgan fingerprint density at radius 1 is 0.652 bits per heavy atom. The van der Waals surface area contributed by atoms with Crippen molar-refractivity contribution in [2.24, 2.45) is 0 Å². The average molecular weight is 979 g/mol. The zero-order valence-electron chi connectivity index (χ0n) is 36.3. The summed E-state index contributed by atoms with van der Waals surface area (Å²) in [5, 5.41) is 137. The number of carbonyl (C=O) groups is 1. The number of fused-ring (bicyclic) bond motifs is 1. The highest BCUT2D eigenvalue weighted by molar-refractivity contribution is 5.89. The van der Waals surface area contributed by atoms with Crippen LogP contribution in [0.15, 0.2) is 63.8 Å². The summed E-state index contributed by atoms with van der Waals surface area (Å²) >= 11 is 0. The first kappa shape index (κ1) is 51.0. The smallest absolute Gasteiger partial charge is 0.331 e. The summed E-state index contributed by atoms with van der Waals surface area (Å²) in [7, 11) is 2.57. The average Bonchev–Trinajstić information content (AvgIpc) is 3.33. The number of phenols is 3. The minimum atomic E-state index is -2.13. The number of ether oxygens (including phenoxy) is 9. The Bertz CT molecular complexity index is 2490. The van der Waals surface area contributed by atoms with Crippen molar-refractivity contribution >= 4 is 23.0 Å². The quantitative estimate of drug-likeness (QED) is 0.0418. The molecule has 0 amide bonds. The van der Waals surface area contributed by atoms with Crippen LogP contribution >= 0.6 is 0 Å². The fourth-order valence-electron chi connectivity index (χ4n) is 7.75. The van der Waals surface area contributed by atoms with E-state index in [0.29, 0.717) is 0 Å². The molecule has 3 aliphatic heterocycles. The van der Waals surface area contributed by atoms with Crippen LogP contribution in [0.25, 0.3) is 28.4 Å². The van der Waals surface area contributed by atoms with E-state index in [9.17, 15) is 76.0 Å². The van der Waals surface area contributed by atoms with E-state index in [1.807, 2.05) is 0 Å². The van der Waals surface area contributed by atoms with Crippen LogP contribution in [0.4, 0.5) is 0 Å². The number of aliphatic hydroxyl groups is 10. The van der Waals surface area contributed by atoms with Crippen LogP contribution in [-0.4, -0.2) is 199 Å². The fourth-order valence-corrected chi connectivity index (χ4v) is 7.75. The second-order valence-corrected chi connectivity index (χ2v) is 15.9. The van der Waals surface area contributed by atoms with Crippen molar-refractivity contribution in [3.05, 3.63) is 70.4 Å². The normalized spacial score (nSPS) is 31.6. The van der Waals surface area contributed by atoms with E-state index in [2.05, 4.69) is 0 Å². The van der Waals surface area contributed by atoms with Crippen LogP contribution in [0.2, 0.25) is 0 Å². The van der Waals surface area contributed by atoms with Gasteiger partial charge in [0, 0.05) is 23.8 Å². The van der Waals surface area contributed by atoms with Crippen molar-refractivity contribution in [2.45, 2.75) is 92.1 Å². The molecular weight excluding hydrogens is 928 g/mol. The van der Waals surface area contributed by atoms with Crippen molar-refractivity contribution in [3.8, 4) is 51.6 Å². The first-order valence-electron chi connectivity index (χ1n) is 20.9. The maximum Gasteiger partial charge on any atom is 0.331 e. The highest BCUT2D eigenvalue weighted by atomic mass is 16.8. The molecule has 0 saturated carbocycles. The van der Waals surface area contributed by atoms with Crippen LogP contribution in [0, 0.1) is 0 Å². The van der Waals surface area contributed by atoms with Crippen molar-refractivity contribution in [3.63, 3.8) is 0 Å². The van der Waals surface area contributed by atoms with E-state index < -0.39 is 152 Å². The molecule has 1 aromatic heterocycles. The lowest BCUT2D eigenvalue weighted by Gasteiger charge is -2.46. The minimum absolute atomic E-state index is 0.00275. The number of aromatic hydroxyl groups is 3. The maximum absolute atomic E-state index is 14.5. The van der Waals surface area contributed by atoms with Gasteiger partial charge in [-0.2, -0.15) is 0 Å². The maximum atomic E-state index is 14.5. The molecule has 0 aliphatic carbocycles. The van der Waals surface area contributed by atoms with Crippen LogP contribution < -0.4 is 24.4 Å². The first-order valence-corrected chi connectivity index (χ1v) is 20.9. The summed E-state index contributed by atoms with van der Waals surface area (Å²) in [6.45, 7) is -2.67. The zero-order valence-corrected chi connectivity index (χ0v) is 36.3. The van der Waals surface area contributed by atoms with Crippen molar-refractivity contribution < 1.29 is 118 Å². The van der Waals surface area contributed by atoms with Gasteiger partial charge in [-0.15, -0.1) is 0 Å². The molecule has 0 bridgehead atoms. The highest BCUT2D eigenvalue weighted by Gasteiger charge is 2.53. The third kappa shape index (κ3) is 10.4. The standard InChI is InChI=1S/C44H50O25/c1-60-22-9-16(10-23(61-2)29(22)51)3-8-27(50)67-39-32(54)26(15-47)65-43(37(39)59)69-41-35(57)31(53)25(14-46)66-44(41)68-40-33(55)28-20(49)11-19(62-42-36(58)34(56)30(52)24(13-45)64-42)12-21(28)63-38(40)17-4-6-18(48)7-5-17/h3-12,24-26,30-32,34-37,39,41-49,51-54,56-59H,13-15H2,1-2H3/t24-,25-,26-,30-,31-,32-,34+,35+,36-,37-,39+,41-,42-,43+,44+/m1/s1. The zero-order chi connectivity index (χ0) is 50.0. The van der Waals surface area contributed by atoms with Crippen molar-refractivity contribution in [2.75, 3.05) is 34.0 Å². The molecule has 3 aliphatic rings. The predicted octanol–water partition coefficient (Wildman–Crippen LogP) is -2.96. The Labute approximate surface area is 388 Å². The molecule has 13 N–H and O–H groups in total. The van der Waals surface area contributed by atoms with Gasteiger partial charge >= 0.3 is 5.97 Å². The third-order valence-electron chi connectivity index (χ3n) is 11.5. The van der Waals surface area contributed by atoms with Crippen molar-refractivity contribution in [1.29, 1.82) is 0 Å². The summed E-state index contributed by atoms with van der Waals surface area (Å²) in [5.74, 6) is -4.04. The summed E-state index contributed by atoms with van der Waals surface area (Å²) in [4.78, 5) is 27.6. The number of carbonyl (C=O) groups excluding carboxylic acids is 1. The van der Waals surface area contributed by atoms with Crippen molar-refractivity contribution in [1.82, 2.24) is 0 Å². The topological polar surface area (TPSA) is 393 Å². The Hall–Kier alpha value is -5.88. The SMILES string of the molecule is COc1cc(C=CC(=O)O[C@@H]2[C@@H](O)[C@H](O[C@H]3[C@H](Oc4c(-c5ccc(O)cc5)oc5cc(O[C@@H]6O[C@H](CO)[C@@H](O)[C@H](O)[C@H]6O)cc(O)c5c4=O)O[C@H](CO)[C@@H](O)[C@@H]3O)O[C@H](CO)[C@H]2O)cc(OC)c1O. The number of aliphatic hydroxyl groups excluding tert-OH is 10. The second kappa shape index (κ2) is 21.4. The van der Waals surface area contributed by atoms with Gasteiger partial charge < -0.3 is 113 Å². The molecule has 3 fully saturated rings. The minimum Gasteiger partial charge on any atom is -0.508 e. The van der Waals surface area contributed by atoms with Gasteiger partial charge in [0.25, 0.3) is 0 Å². The number of phenolic OH excluding ortho intramolecular Hbond substituents is 3. The Balaban J connectivity index is 1.21. The fraction of sp³-hybridized carbons (Fsp3) is 0.455. The first-order chi connectivity index (χ1) is 32.9. The number of esters is 1. The molecule has 0 unspecified atom stereocenters.